The Morgan fingerprint density at radius 3 is 2.56 bits per heavy atom. The van der Waals surface area contributed by atoms with E-state index in [1.807, 2.05) is 52.8 Å². The number of carbonyl (C=O) groups excluding carboxylic acids is 1. The van der Waals surface area contributed by atoms with Crippen LogP contribution in [0.4, 0.5) is 0 Å². The van der Waals surface area contributed by atoms with Crippen LogP contribution < -0.4 is 20.3 Å². The minimum absolute atomic E-state index is 0.0516. The highest BCUT2D eigenvalue weighted by Gasteiger charge is 2.20. The molecule has 0 saturated heterocycles. The lowest BCUT2D eigenvalue weighted by Gasteiger charge is -2.19. The number of aryl methyl sites for hydroxylation is 2. The minimum atomic E-state index is -0.279. The van der Waals surface area contributed by atoms with Crippen LogP contribution in [-0.2, 0) is 4.79 Å². The molecular formula is C23H29N3O4S2. The number of nitrogens with zero attached hydrogens (tertiary/aromatic N) is 2. The molecule has 3 rings (SSSR count). The first-order valence-electron chi connectivity index (χ1n) is 10.3. The molecule has 0 fully saturated rings. The van der Waals surface area contributed by atoms with Crippen LogP contribution in [0, 0.1) is 13.8 Å². The van der Waals surface area contributed by atoms with Gasteiger partial charge in [-0.25, -0.2) is 4.98 Å². The van der Waals surface area contributed by atoms with Crippen LogP contribution in [0.2, 0.25) is 0 Å². The molecular weight excluding hydrogens is 446 g/mol. The fraction of sp³-hybridized carbons (Fsp3) is 0.435. The Kier molecular flexibility index (Phi) is 7.51. The van der Waals surface area contributed by atoms with E-state index in [1.54, 1.807) is 18.8 Å². The van der Waals surface area contributed by atoms with Gasteiger partial charge in [0.05, 0.1) is 31.4 Å². The molecule has 0 bridgehead atoms. The summed E-state index contributed by atoms with van der Waals surface area (Å²) < 4.78 is 12.4. The van der Waals surface area contributed by atoms with Crippen LogP contribution in [0.5, 0.6) is 11.5 Å². The Morgan fingerprint density at radius 2 is 1.94 bits per heavy atom. The van der Waals surface area contributed by atoms with Crippen molar-refractivity contribution in [2.24, 2.45) is 0 Å². The molecule has 32 heavy (non-hydrogen) atoms. The zero-order valence-corrected chi connectivity index (χ0v) is 21.1. The number of hydrogen-bond donors (Lipinski definition) is 1. The number of nitrogens with one attached hydrogen (secondary N) is 1. The molecule has 9 heteroatoms. The lowest BCUT2D eigenvalue weighted by Crippen LogP contribution is -2.29. The Hall–Kier alpha value is -2.52. The maximum Gasteiger partial charge on any atom is 0.263 e. The summed E-state index contributed by atoms with van der Waals surface area (Å²) in [6.45, 7) is 9.74. The monoisotopic (exact) mass is 475 g/mol. The summed E-state index contributed by atoms with van der Waals surface area (Å²) in [5, 5.41) is 4.23. The Bertz CT molecular complexity index is 1200. The topological polar surface area (TPSA) is 82.5 Å². The molecule has 2 aromatic heterocycles. The van der Waals surface area contributed by atoms with Gasteiger partial charge in [-0.2, -0.15) is 0 Å². The zero-order valence-electron chi connectivity index (χ0n) is 19.4. The van der Waals surface area contributed by atoms with Gasteiger partial charge in [0.25, 0.3) is 5.56 Å². The van der Waals surface area contributed by atoms with Crippen molar-refractivity contribution in [2.75, 3.05) is 20.0 Å². The molecule has 7 nitrogen and oxygen atoms in total. The van der Waals surface area contributed by atoms with Crippen LogP contribution in [0.1, 0.15) is 48.9 Å². The van der Waals surface area contributed by atoms with Gasteiger partial charge in [-0.3, -0.25) is 14.2 Å². The lowest BCUT2D eigenvalue weighted by molar-refractivity contribution is -0.119. The van der Waals surface area contributed by atoms with E-state index in [2.05, 4.69) is 5.32 Å². The summed E-state index contributed by atoms with van der Waals surface area (Å²) in [7, 11) is 3.19. The van der Waals surface area contributed by atoms with Gasteiger partial charge in [-0.15, -0.1) is 11.3 Å². The Labute approximate surface area is 196 Å². The van der Waals surface area contributed by atoms with E-state index in [0.29, 0.717) is 22.0 Å². The van der Waals surface area contributed by atoms with Crippen molar-refractivity contribution in [1.29, 1.82) is 0 Å². The van der Waals surface area contributed by atoms with Gasteiger partial charge >= 0.3 is 0 Å². The van der Waals surface area contributed by atoms with Gasteiger partial charge in [0.1, 0.15) is 16.3 Å². The van der Waals surface area contributed by atoms with Crippen molar-refractivity contribution in [3.05, 3.63) is 44.6 Å². The van der Waals surface area contributed by atoms with E-state index in [9.17, 15) is 9.59 Å². The third kappa shape index (κ3) is 4.78. The normalized spacial score (nSPS) is 12.2. The third-order valence-electron chi connectivity index (χ3n) is 5.33. The fourth-order valence-corrected chi connectivity index (χ4v) is 5.52. The number of carbonyl (C=O) groups is 1. The molecule has 0 radical (unpaired) electrons. The molecule has 172 valence electrons. The second-order valence-corrected chi connectivity index (χ2v) is 9.96. The first-order chi connectivity index (χ1) is 15.2. The molecule has 1 aromatic carbocycles. The number of aromatic nitrogens is 2. The van der Waals surface area contributed by atoms with E-state index in [1.165, 1.54) is 23.1 Å². The highest BCUT2D eigenvalue weighted by atomic mass is 32.2. The minimum Gasteiger partial charge on any atom is -0.497 e. The molecule has 1 amide bonds. The average molecular weight is 476 g/mol. The zero-order chi connectivity index (χ0) is 23.6. The van der Waals surface area contributed by atoms with Crippen LogP contribution in [0.15, 0.2) is 28.2 Å². The SMILES string of the molecule is COc1ccc(OC)c(C(C)NC(=O)CSc2nc3sc(C)c(C)c3c(=O)n2C(C)C)c1. The molecule has 0 aliphatic heterocycles. The lowest BCUT2D eigenvalue weighted by atomic mass is 10.1. The van der Waals surface area contributed by atoms with Crippen LogP contribution >= 0.6 is 23.1 Å². The van der Waals surface area contributed by atoms with Crippen molar-refractivity contribution < 1.29 is 14.3 Å². The highest BCUT2D eigenvalue weighted by Crippen LogP contribution is 2.31. The van der Waals surface area contributed by atoms with Crippen molar-refractivity contribution >= 4 is 39.2 Å². The number of benzene rings is 1. The number of thiophene rings is 1. The Morgan fingerprint density at radius 1 is 1.22 bits per heavy atom. The summed E-state index contributed by atoms with van der Waals surface area (Å²) in [5.74, 6) is 1.35. The molecule has 0 aliphatic rings. The third-order valence-corrected chi connectivity index (χ3v) is 7.39. The second-order valence-electron chi connectivity index (χ2n) is 7.81. The van der Waals surface area contributed by atoms with E-state index < -0.39 is 0 Å². The number of fused-ring (bicyclic) bond motifs is 1. The van der Waals surface area contributed by atoms with Gasteiger partial charge in [-0.1, -0.05) is 11.8 Å². The predicted molar refractivity (Wildman–Crippen MR) is 131 cm³/mol. The quantitative estimate of drug-likeness (QED) is 0.377. The standard InChI is InChI=1S/C23H29N3O4S2/c1-12(2)26-22(28)20-13(3)15(5)32-21(20)25-23(26)31-11-19(27)24-14(4)17-10-16(29-6)8-9-18(17)30-7/h8-10,12,14H,11H2,1-7H3,(H,24,27). The fourth-order valence-electron chi connectivity index (χ4n) is 3.51. The first-order valence-corrected chi connectivity index (χ1v) is 12.1. The maximum absolute atomic E-state index is 13.2. The van der Waals surface area contributed by atoms with E-state index in [-0.39, 0.29) is 29.3 Å². The number of rotatable bonds is 8. The molecule has 1 N–H and O–H groups in total. The maximum atomic E-state index is 13.2. The largest absolute Gasteiger partial charge is 0.497 e. The van der Waals surface area contributed by atoms with Gasteiger partial charge in [-0.05, 0) is 58.4 Å². The molecule has 0 aliphatic carbocycles. The molecule has 2 heterocycles. The molecule has 0 saturated carbocycles. The smallest absolute Gasteiger partial charge is 0.263 e. The summed E-state index contributed by atoms with van der Waals surface area (Å²) >= 11 is 2.79. The van der Waals surface area contributed by atoms with Crippen molar-refractivity contribution in [1.82, 2.24) is 14.9 Å². The summed E-state index contributed by atoms with van der Waals surface area (Å²) in [6, 6.07) is 5.14. The summed E-state index contributed by atoms with van der Waals surface area (Å²) in [5.41, 5.74) is 1.75. The van der Waals surface area contributed by atoms with Gasteiger partial charge in [0.15, 0.2) is 5.16 Å². The first kappa shape index (κ1) is 24.1. The molecule has 1 unspecified atom stereocenters. The number of ether oxygens (including phenoxy) is 2. The number of hydrogen-bond acceptors (Lipinski definition) is 7. The number of amides is 1. The van der Waals surface area contributed by atoms with Crippen molar-refractivity contribution in [3.63, 3.8) is 0 Å². The summed E-state index contributed by atoms with van der Waals surface area (Å²) in [4.78, 5) is 32.4. The summed E-state index contributed by atoms with van der Waals surface area (Å²) in [6.07, 6.45) is 0. The van der Waals surface area contributed by atoms with E-state index in [4.69, 9.17) is 14.5 Å². The van der Waals surface area contributed by atoms with Crippen molar-refractivity contribution in [2.45, 2.75) is 51.9 Å². The van der Waals surface area contributed by atoms with E-state index >= 15 is 0 Å². The molecule has 3 aromatic rings. The molecule has 0 spiro atoms. The second kappa shape index (κ2) is 9.95. The van der Waals surface area contributed by atoms with Crippen molar-refractivity contribution in [3.8, 4) is 11.5 Å². The number of methoxy groups -OCH3 is 2. The van der Waals surface area contributed by atoms with Gasteiger partial charge < -0.3 is 14.8 Å². The van der Waals surface area contributed by atoms with Gasteiger partial charge in [0.2, 0.25) is 5.91 Å². The van der Waals surface area contributed by atoms with Gasteiger partial charge in [0, 0.05) is 16.5 Å². The average Bonchev–Trinajstić information content (AvgIpc) is 3.04. The highest BCUT2D eigenvalue weighted by molar-refractivity contribution is 7.99. The predicted octanol–water partition coefficient (Wildman–Crippen LogP) is 4.64. The van der Waals surface area contributed by atoms with Crippen LogP contribution in [0.25, 0.3) is 10.2 Å². The number of thioether (sulfide) groups is 1. The van der Waals surface area contributed by atoms with Crippen LogP contribution in [-0.4, -0.2) is 35.4 Å². The Balaban J connectivity index is 1.80. The van der Waals surface area contributed by atoms with Crippen LogP contribution in [0.3, 0.4) is 0 Å². The van der Waals surface area contributed by atoms with E-state index in [0.717, 1.165) is 20.8 Å². The molecule has 1 atom stereocenters.